The van der Waals surface area contributed by atoms with E-state index in [1.165, 1.54) is 5.57 Å². The van der Waals surface area contributed by atoms with Gasteiger partial charge in [-0.15, -0.1) is 0 Å². The van der Waals surface area contributed by atoms with Crippen molar-refractivity contribution < 1.29 is 29.0 Å². The van der Waals surface area contributed by atoms with Gasteiger partial charge in [-0.25, -0.2) is 0 Å². The molecule has 8 nitrogen and oxygen atoms in total. The molecule has 56 heavy (non-hydrogen) atoms. The Balaban J connectivity index is 1.19. The van der Waals surface area contributed by atoms with E-state index in [1.807, 2.05) is 29.2 Å². The highest BCUT2D eigenvalue weighted by atomic mass is 35.5. The summed E-state index contributed by atoms with van der Waals surface area (Å²) in [4.78, 5) is 57.3. The van der Waals surface area contributed by atoms with Gasteiger partial charge in [-0.3, -0.25) is 24.1 Å². The predicted octanol–water partition coefficient (Wildman–Crippen LogP) is 9.38. The van der Waals surface area contributed by atoms with E-state index in [0.29, 0.717) is 54.6 Å². The van der Waals surface area contributed by atoms with E-state index in [1.54, 1.807) is 13.8 Å². The number of piperazine rings is 1. The topological polar surface area (TPSA) is 104 Å². The second-order valence-corrected chi connectivity index (χ2v) is 21.8. The second-order valence-electron chi connectivity index (χ2n) is 21.4. The van der Waals surface area contributed by atoms with Gasteiger partial charge in [-0.05, 0) is 135 Å². The lowest BCUT2D eigenvalue weighted by Gasteiger charge is -2.72. The number of halogens is 1. The number of aliphatic carboxylic acids is 1. The van der Waals surface area contributed by atoms with Gasteiger partial charge in [-0.2, -0.15) is 0 Å². The van der Waals surface area contributed by atoms with E-state index in [0.717, 1.165) is 62.5 Å². The summed E-state index contributed by atoms with van der Waals surface area (Å²) < 4.78 is 6.20. The van der Waals surface area contributed by atoms with E-state index in [9.17, 15) is 24.3 Å². The number of carboxylic acids is 1. The Morgan fingerprint density at radius 3 is 2.25 bits per heavy atom. The third-order valence-corrected chi connectivity index (χ3v) is 17.7. The Labute approximate surface area is 340 Å². The fourth-order valence-electron chi connectivity index (χ4n) is 14.3. The molecule has 6 aliphatic rings. The van der Waals surface area contributed by atoms with Gasteiger partial charge in [0.15, 0.2) is 5.78 Å². The molecule has 1 aromatic rings. The average Bonchev–Trinajstić information content (AvgIpc) is 3.41. The molecule has 4 saturated carbocycles. The smallest absolute Gasteiger partial charge is 0.309 e. The number of ether oxygens (including phenoxy) is 1. The Morgan fingerprint density at radius 1 is 0.929 bits per heavy atom. The van der Waals surface area contributed by atoms with Crippen molar-refractivity contribution in [3.05, 3.63) is 46.0 Å². The van der Waals surface area contributed by atoms with Crippen LogP contribution >= 0.6 is 11.6 Å². The summed E-state index contributed by atoms with van der Waals surface area (Å²) >= 11 is 6.21. The standard InChI is InChI=1S/C47H67ClN2O6/c1-28(2)39-32(51)23-47(35-26-50(37(52)27-49(35)10)25-29-11-13-30(48)14-12-29)22-21-45(8)31(40(39)47)15-16-34-44(7)19-18-36(56-38(53)24-42(3,4)41(54)55)43(5,6)33(44)17-20-46(34,45)9/h11-14,28,31,33-36H,15-27H2,1-10H3,(H,54,55)/t31-,33+,34-,35-,36+,44+,45-,46-,47+/m1/s1. The number of rotatable bonds is 8. The highest BCUT2D eigenvalue weighted by Gasteiger charge is 2.71. The van der Waals surface area contributed by atoms with Gasteiger partial charge in [0.2, 0.25) is 5.91 Å². The number of benzene rings is 1. The number of carboxylic acid groups (broad SMARTS) is 1. The summed E-state index contributed by atoms with van der Waals surface area (Å²) in [6.45, 7) is 21.4. The molecule has 1 N–H and O–H groups in total. The van der Waals surface area contributed by atoms with Crippen LogP contribution in [-0.4, -0.2) is 70.8 Å². The number of esters is 1. The van der Waals surface area contributed by atoms with E-state index < -0.39 is 17.4 Å². The molecule has 9 atom stereocenters. The first-order valence-electron chi connectivity index (χ1n) is 21.4. The third kappa shape index (κ3) is 6.23. The van der Waals surface area contributed by atoms with Crippen molar-refractivity contribution in [2.45, 2.75) is 145 Å². The molecule has 1 aromatic carbocycles. The van der Waals surface area contributed by atoms with E-state index >= 15 is 0 Å². The second kappa shape index (κ2) is 14.0. The third-order valence-electron chi connectivity index (χ3n) is 17.4. The number of nitrogens with zero attached hydrogens (tertiary/aromatic N) is 2. The van der Waals surface area contributed by atoms with Crippen molar-refractivity contribution in [3.63, 3.8) is 0 Å². The molecule has 1 aliphatic heterocycles. The van der Waals surface area contributed by atoms with Crippen LogP contribution in [0.2, 0.25) is 5.02 Å². The zero-order valence-electron chi connectivity index (χ0n) is 35.7. The lowest BCUT2D eigenvalue weighted by atomic mass is 9.32. The largest absolute Gasteiger partial charge is 0.481 e. The average molecular weight is 792 g/mol. The Kier molecular flexibility index (Phi) is 10.3. The summed E-state index contributed by atoms with van der Waals surface area (Å²) in [6, 6.07) is 7.85. The quantitative estimate of drug-likeness (QED) is 0.262. The molecule has 1 saturated heterocycles. The van der Waals surface area contributed by atoms with Gasteiger partial charge in [-0.1, -0.05) is 77.8 Å². The monoisotopic (exact) mass is 790 g/mol. The minimum absolute atomic E-state index is 0.00934. The van der Waals surface area contributed by atoms with Crippen LogP contribution in [0.25, 0.3) is 0 Å². The molecule has 308 valence electrons. The van der Waals surface area contributed by atoms with Crippen molar-refractivity contribution >= 4 is 35.2 Å². The van der Waals surface area contributed by atoms with Crippen LogP contribution in [0.3, 0.4) is 0 Å². The van der Waals surface area contributed by atoms with Crippen LogP contribution in [0.15, 0.2) is 35.4 Å². The molecule has 0 bridgehead atoms. The van der Waals surface area contributed by atoms with Gasteiger partial charge < -0.3 is 14.7 Å². The zero-order chi connectivity index (χ0) is 41.0. The summed E-state index contributed by atoms with van der Waals surface area (Å²) in [5, 5.41) is 10.3. The number of hydrogen-bond acceptors (Lipinski definition) is 6. The highest BCUT2D eigenvalue weighted by Crippen LogP contribution is 2.77. The molecule has 9 heteroatoms. The Bertz CT molecular complexity index is 1820. The van der Waals surface area contributed by atoms with E-state index in [4.69, 9.17) is 16.3 Å². The molecule has 1 heterocycles. The molecule has 0 spiro atoms. The van der Waals surface area contributed by atoms with Crippen LogP contribution in [0.5, 0.6) is 0 Å². The minimum Gasteiger partial charge on any atom is -0.481 e. The maximum absolute atomic E-state index is 14.4. The van der Waals surface area contributed by atoms with E-state index in [-0.39, 0.29) is 57.5 Å². The minimum atomic E-state index is -1.17. The number of hydrogen-bond donors (Lipinski definition) is 1. The van der Waals surface area contributed by atoms with Gasteiger partial charge in [0.25, 0.3) is 0 Å². The lowest BCUT2D eigenvalue weighted by Crippen LogP contribution is -2.67. The fourth-order valence-corrected chi connectivity index (χ4v) is 14.5. The molecule has 7 rings (SSSR count). The highest BCUT2D eigenvalue weighted by molar-refractivity contribution is 6.30. The number of amides is 1. The summed E-state index contributed by atoms with van der Waals surface area (Å²) in [5.41, 5.74) is 2.01. The maximum atomic E-state index is 14.4. The molecule has 5 aliphatic carbocycles. The summed E-state index contributed by atoms with van der Waals surface area (Å²) in [6.07, 6.45) is 8.26. The number of carbonyl (C=O) groups is 4. The first-order valence-corrected chi connectivity index (χ1v) is 21.8. The predicted molar refractivity (Wildman–Crippen MR) is 219 cm³/mol. The van der Waals surface area contributed by atoms with Gasteiger partial charge in [0.1, 0.15) is 6.10 Å². The van der Waals surface area contributed by atoms with Crippen LogP contribution in [0.4, 0.5) is 0 Å². The van der Waals surface area contributed by atoms with Gasteiger partial charge in [0, 0.05) is 41.4 Å². The molecule has 5 fully saturated rings. The maximum Gasteiger partial charge on any atom is 0.309 e. The van der Waals surface area contributed by atoms with Crippen LogP contribution < -0.4 is 0 Å². The molecule has 0 unspecified atom stereocenters. The van der Waals surface area contributed by atoms with Gasteiger partial charge in [0.05, 0.1) is 18.4 Å². The molecular weight excluding hydrogens is 724 g/mol. The zero-order valence-corrected chi connectivity index (χ0v) is 36.5. The lowest BCUT2D eigenvalue weighted by molar-refractivity contribution is -0.234. The summed E-state index contributed by atoms with van der Waals surface area (Å²) in [7, 11) is 2.10. The van der Waals surface area contributed by atoms with E-state index in [2.05, 4.69) is 60.4 Å². The van der Waals surface area contributed by atoms with Crippen molar-refractivity contribution in [3.8, 4) is 0 Å². The van der Waals surface area contributed by atoms with Crippen LogP contribution in [0, 0.1) is 56.2 Å². The Morgan fingerprint density at radius 2 is 1.61 bits per heavy atom. The van der Waals surface area contributed by atoms with Crippen LogP contribution in [0.1, 0.15) is 132 Å². The molecule has 0 radical (unpaired) electrons. The Hall–Kier alpha value is -2.71. The van der Waals surface area contributed by atoms with Crippen LogP contribution in [-0.2, 0) is 30.5 Å². The fraction of sp³-hybridized carbons (Fsp3) is 0.745. The molecular formula is C47H67ClN2O6. The van der Waals surface area contributed by atoms with Crippen molar-refractivity contribution in [2.75, 3.05) is 20.1 Å². The van der Waals surface area contributed by atoms with Crippen molar-refractivity contribution in [1.29, 1.82) is 0 Å². The molecule has 0 aromatic heterocycles. The first-order chi connectivity index (χ1) is 26.0. The number of fused-ring (bicyclic) bond motifs is 7. The normalized spacial score (nSPS) is 38.5. The number of likely N-dealkylation sites (N-methyl/N-ethyl adjacent to an activating group) is 1. The number of allylic oxidation sites excluding steroid dienone is 1. The van der Waals surface area contributed by atoms with Crippen molar-refractivity contribution in [1.82, 2.24) is 9.80 Å². The number of Topliss-reactive ketones (excluding diaryl/α,β-unsaturated/α-hetero) is 1. The first kappa shape index (κ1) is 41.4. The number of ketones is 1. The summed E-state index contributed by atoms with van der Waals surface area (Å²) in [5.74, 6) is 0.349. The van der Waals surface area contributed by atoms with Gasteiger partial charge >= 0.3 is 11.9 Å². The van der Waals surface area contributed by atoms with Crippen molar-refractivity contribution in [2.24, 2.45) is 56.2 Å². The molecule has 1 amide bonds. The number of carbonyl (C=O) groups excluding carboxylic acids is 3. The SMILES string of the molecule is CC(C)C1=C2[C@H]3CC[C@@H]4[C@@]5(C)CC[C@H](OC(=O)CC(C)(C)C(=O)O)C(C)(C)[C@@H]5CC[C@@]4(C)[C@]3(C)CC[C@@]2([C@H]2CN(Cc3ccc(Cl)cc3)C(=O)CN2C)CC1=O.